The van der Waals surface area contributed by atoms with Crippen LogP contribution in [0.25, 0.3) is 0 Å². The Morgan fingerprint density at radius 3 is 2.44 bits per heavy atom. The third-order valence-electron chi connectivity index (χ3n) is 3.36. The zero-order chi connectivity index (χ0) is 18.2. The average molecular weight is 407 g/mol. The number of rotatable bonds is 8. The number of hydrogen-bond acceptors (Lipinski definition) is 5. The molecule has 134 valence electrons. The first-order valence-corrected chi connectivity index (χ1v) is 8.75. The molecule has 25 heavy (non-hydrogen) atoms. The van der Waals surface area contributed by atoms with Crippen LogP contribution >= 0.6 is 15.9 Å². The molecule has 6 heteroatoms. The molecular formula is C19H23BrN2O3. The minimum absolute atomic E-state index is 0.105. The van der Waals surface area contributed by atoms with E-state index < -0.39 is 0 Å². The fraction of sp³-hybridized carbons (Fsp3) is 0.316. The van der Waals surface area contributed by atoms with Crippen LogP contribution in [0.2, 0.25) is 0 Å². The Morgan fingerprint density at radius 2 is 1.76 bits per heavy atom. The first-order chi connectivity index (χ1) is 12.0. The van der Waals surface area contributed by atoms with Crippen LogP contribution in [0, 0.1) is 0 Å². The van der Waals surface area contributed by atoms with Gasteiger partial charge in [0.05, 0.1) is 33.1 Å². The summed E-state index contributed by atoms with van der Waals surface area (Å²) in [6.07, 6.45) is 1.86. The minimum atomic E-state index is 0.105. The highest BCUT2D eigenvalue weighted by Gasteiger charge is 2.06. The molecule has 2 rings (SSSR count). The Morgan fingerprint density at radius 1 is 1.04 bits per heavy atom. The fourth-order valence-electron chi connectivity index (χ4n) is 2.22. The second-order valence-corrected chi connectivity index (χ2v) is 6.55. The molecule has 0 aromatic heterocycles. The molecule has 0 unspecified atom stereocenters. The quantitative estimate of drug-likeness (QED) is 0.521. The van der Waals surface area contributed by atoms with Gasteiger partial charge in [0.15, 0.2) is 11.5 Å². The molecule has 0 radical (unpaired) electrons. The first kappa shape index (κ1) is 19.1. The predicted octanol–water partition coefficient (Wildman–Crippen LogP) is 4.38. The lowest BCUT2D eigenvalue weighted by Crippen LogP contribution is -2.09. The molecule has 0 spiro atoms. The Kier molecular flexibility index (Phi) is 7.13. The number of nitrogens with one attached hydrogen (secondary N) is 1. The van der Waals surface area contributed by atoms with Gasteiger partial charge in [0.25, 0.3) is 0 Å². The Balaban J connectivity index is 2.03. The summed E-state index contributed by atoms with van der Waals surface area (Å²) < 4.78 is 17.3. The van der Waals surface area contributed by atoms with Crippen molar-refractivity contribution in [2.45, 2.75) is 26.5 Å². The van der Waals surface area contributed by atoms with Crippen molar-refractivity contribution < 1.29 is 14.2 Å². The van der Waals surface area contributed by atoms with Gasteiger partial charge in [-0.3, -0.25) is 0 Å². The van der Waals surface area contributed by atoms with Gasteiger partial charge in [-0.1, -0.05) is 22.0 Å². The lowest BCUT2D eigenvalue weighted by atomic mass is 10.2. The van der Waals surface area contributed by atoms with E-state index in [9.17, 15) is 0 Å². The number of nitrogens with zero attached hydrogens (tertiary/aromatic N) is 1. The molecular weight excluding hydrogens is 384 g/mol. The maximum atomic E-state index is 5.80. The molecule has 0 heterocycles. The molecule has 0 bridgehead atoms. The van der Waals surface area contributed by atoms with Crippen LogP contribution < -0.4 is 19.6 Å². The Hall–Kier alpha value is -2.21. The third kappa shape index (κ3) is 5.67. The average Bonchev–Trinajstić information content (AvgIpc) is 2.60. The zero-order valence-corrected chi connectivity index (χ0v) is 16.5. The number of ether oxygens (including phenoxy) is 3. The number of halogens is 1. The van der Waals surface area contributed by atoms with Crippen molar-refractivity contribution in [2.24, 2.45) is 5.10 Å². The molecule has 0 saturated heterocycles. The lowest BCUT2D eigenvalue weighted by molar-refractivity contribution is 0.242. The first-order valence-electron chi connectivity index (χ1n) is 7.96. The minimum Gasteiger partial charge on any atom is -0.493 e. The van der Waals surface area contributed by atoms with E-state index in [1.807, 2.05) is 50.2 Å². The maximum absolute atomic E-state index is 5.80. The molecule has 0 aliphatic carbocycles. The molecule has 0 saturated carbocycles. The van der Waals surface area contributed by atoms with Crippen LogP contribution in [0.4, 0.5) is 0 Å². The summed E-state index contributed by atoms with van der Waals surface area (Å²) in [5.74, 6) is 2.21. The van der Waals surface area contributed by atoms with Crippen molar-refractivity contribution in [3.8, 4) is 17.2 Å². The van der Waals surface area contributed by atoms with Crippen LogP contribution in [0.1, 0.15) is 25.0 Å². The highest BCUT2D eigenvalue weighted by molar-refractivity contribution is 9.10. The van der Waals surface area contributed by atoms with E-state index in [0.29, 0.717) is 18.0 Å². The normalized spacial score (nSPS) is 11.0. The summed E-state index contributed by atoms with van der Waals surface area (Å²) in [6.45, 7) is 4.57. The molecule has 0 aliphatic heterocycles. The molecule has 0 aliphatic rings. The largest absolute Gasteiger partial charge is 0.493 e. The molecule has 1 N–H and O–H groups in total. The number of hydrazone groups is 1. The van der Waals surface area contributed by atoms with Gasteiger partial charge in [-0.15, -0.1) is 0 Å². The van der Waals surface area contributed by atoms with Crippen LogP contribution in [0.15, 0.2) is 46.0 Å². The van der Waals surface area contributed by atoms with E-state index in [1.54, 1.807) is 20.4 Å². The molecule has 0 fully saturated rings. The predicted molar refractivity (Wildman–Crippen MR) is 104 cm³/mol. The van der Waals surface area contributed by atoms with Crippen molar-refractivity contribution in [1.29, 1.82) is 0 Å². The summed E-state index contributed by atoms with van der Waals surface area (Å²) in [5, 5.41) is 4.30. The number of hydrogen-bond donors (Lipinski definition) is 1. The highest BCUT2D eigenvalue weighted by atomic mass is 79.9. The van der Waals surface area contributed by atoms with Crippen molar-refractivity contribution in [3.63, 3.8) is 0 Å². The third-order valence-corrected chi connectivity index (χ3v) is 3.85. The summed E-state index contributed by atoms with van der Waals surface area (Å²) in [6, 6.07) is 11.6. The van der Waals surface area contributed by atoms with Crippen LogP contribution in [0.3, 0.4) is 0 Å². The van der Waals surface area contributed by atoms with Crippen LogP contribution in [-0.4, -0.2) is 26.5 Å². The van der Waals surface area contributed by atoms with Crippen LogP contribution in [0.5, 0.6) is 17.2 Å². The van der Waals surface area contributed by atoms with E-state index in [1.165, 1.54) is 0 Å². The van der Waals surface area contributed by atoms with E-state index >= 15 is 0 Å². The maximum Gasteiger partial charge on any atom is 0.161 e. The fourth-order valence-corrected chi connectivity index (χ4v) is 2.60. The van der Waals surface area contributed by atoms with Crippen LogP contribution in [-0.2, 0) is 6.54 Å². The molecule has 2 aromatic rings. The highest BCUT2D eigenvalue weighted by Crippen LogP contribution is 2.27. The molecule has 2 aromatic carbocycles. The van der Waals surface area contributed by atoms with Crippen molar-refractivity contribution in [3.05, 3.63) is 52.0 Å². The van der Waals surface area contributed by atoms with Gasteiger partial charge in [0.2, 0.25) is 0 Å². The molecule has 5 nitrogen and oxygen atoms in total. The monoisotopic (exact) mass is 406 g/mol. The van der Waals surface area contributed by atoms with Crippen molar-refractivity contribution in [1.82, 2.24) is 5.43 Å². The molecule has 0 amide bonds. The van der Waals surface area contributed by atoms with Gasteiger partial charge < -0.3 is 19.6 Å². The summed E-state index contributed by atoms with van der Waals surface area (Å²) in [5.41, 5.74) is 4.99. The number of benzene rings is 2. The van der Waals surface area contributed by atoms with Gasteiger partial charge >= 0.3 is 0 Å². The second-order valence-electron chi connectivity index (χ2n) is 5.63. The van der Waals surface area contributed by atoms with E-state index in [-0.39, 0.29) is 6.10 Å². The van der Waals surface area contributed by atoms with Gasteiger partial charge in [0.1, 0.15) is 5.75 Å². The topological polar surface area (TPSA) is 52.1 Å². The summed E-state index contributed by atoms with van der Waals surface area (Å²) >= 11 is 3.47. The SMILES string of the molecule is COc1ccc(CN/N=C\c2cc(Br)ccc2OC(C)C)cc1OC. The van der Waals surface area contributed by atoms with Gasteiger partial charge in [-0.05, 0) is 49.7 Å². The van der Waals surface area contributed by atoms with E-state index in [4.69, 9.17) is 14.2 Å². The Labute approximate surface area is 157 Å². The van der Waals surface area contributed by atoms with Crippen molar-refractivity contribution in [2.75, 3.05) is 14.2 Å². The van der Waals surface area contributed by atoms with Gasteiger partial charge in [-0.2, -0.15) is 5.10 Å². The summed E-state index contributed by atoms with van der Waals surface area (Å²) in [4.78, 5) is 0. The standard InChI is InChI=1S/C19H23BrN2O3/c1-13(2)25-17-8-6-16(20)10-15(17)12-22-21-11-14-5-7-18(23-3)19(9-14)24-4/h5-10,12-13,21H,11H2,1-4H3/b22-12-. The number of methoxy groups -OCH3 is 2. The zero-order valence-electron chi connectivity index (χ0n) is 14.9. The lowest BCUT2D eigenvalue weighted by Gasteiger charge is -2.12. The van der Waals surface area contributed by atoms with Gasteiger partial charge in [-0.25, -0.2) is 0 Å². The van der Waals surface area contributed by atoms with E-state index in [0.717, 1.165) is 21.3 Å². The van der Waals surface area contributed by atoms with E-state index in [2.05, 4.69) is 26.5 Å². The summed E-state index contributed by atoms with van der Waals surface area (Å²) in [7, 11) is 3.24. The van der Waals surface area contributed by atoms with Gasteiger partial charge in [0, 0.05) is 10.0 Å². The smallest absolute Gasteiger partial charge is 0.161 e. The Bertz CT molecular complexity index is 733. The van der Waals surface area contributed by atoms with Crippen molar-refractivity contribution >= 4 is 22.1 Å². The second kappa shape index (κ2) is 9.32. The molecule has 0 atom stereocenters.